The van der Waals surface area contributed by atoms with Crippen LogP contribution in [0.25, 0.3) is 0 Å². The van der Waals surface area contributed by atoms with E-state index in [9.17, 15) is 4.79 Å². The summed E-state index contributed by atoms with van der Waals surface area (Å²) in [6.07, 6.45) is 0. The van der Waals surface area contributed by atoms with Crippen LogP contribution in [0.15, 0.2) is 43.8 Å². The summed E-state index contributed by atoms with van der Waals surface area (Å²) >= 11 is 0. The standard InChI is InChI=1S/C12H13N3O4/c1-17-7-10-11(12(16)19-15-10)14-13-8-3-5-9(18-2)6-4-8/h3-6,15H,7H2,1-2H3. The van der Waals surface area contributed by atoms with E-state index in [-0.39, 0.29) is 12.3 Å². The number of methoxy groups -OCH3 is 2. The maximum atomic E-state index is 11.4. The van der Waals surface area contributed by atoms with Crippen molar-refractivity contribution in [3.63, 3.8) is 0 Å². The van der Waals surface area contributed by atoms with E-state index in [2.05, 4.69) is 19.9 Å². The summed E-state index contributed by atoms with van der Waals surface area (Å²) in [7, 11) is 3.09. The molecule has 0 radical (unpaired) electrons. The summed E-state index contributed by atoms with van der Waals surface area (Å²) in [4.78, 5) is 11.4. The summed E-state index contributed by atoms with van der Waals surface area (Å²) in [5, 5.41) is 10.3. The molecule has 0 aliphatic heterocycles. The van der Waals surface area contributed by atoms with Crippen LogP contribution in [-0.2, 0) is 11.3 Å². The number of hydrogen-bond donors (Lipinski definition) is 1. The van der Waals surface area contributed by atoms with Gasteiger partial charge < -0.3 is 14.0 Å². The van der Waals surface area contributed by atoms with Crippen molar-refractivity contribution in [2.45, 2.75) is 6.61 Å². The van der Waals surface area contributed by atoms with Gasteiger partial charge in [-0.15, -0.1) is 5.11 Å². The van der Waals surface area contributed by atoms with Gasteiger partial charge >= 0.3 is 5.63 Å². The Bertz CT molecular complexity index is 613. The molecule has 0 fully saturated rings. The summed E-state index contributed by atoms with van der Waals surface area (Å²) in [5.74, 6) is 0.722. The Morgan fingerprint density at radius 1 is 1.21 bits per heavy atom. The number of benzene rings is 1. The lowest BCUT2D eigenvalue weighted by molar-refractivity contribution is 0.177. The molecule has 2 rings (SSSR count). The van der Waals surface area contributed by atoms with Crippen molar-refractivity contribution < 1.29 is 14.0 Å². The number of hydrogen-bond acceptors (Lipinski definition) is 6. The largest absolute Gasteiger partial charge is 0.497 e. The Balaban J connectivity index is 2.21. The lowest BCUT2D eigenvalue weighted by atomic mass is 10.3. The third kappa shape index (κ3) is 3.08. The van der Waals surface area contributed by atoms with Crippen LogP contribution < -0.4 is 10.4 Å². The zero-order valence-electron chi connectivity index (χ0n) is 10.5. The highest BCUT2D eigenvalue weighted by Crippen LogP contribution is 2.21. The SMILES string of the molecule is COCc1[nH]oc(=O)c1N=Nc1ccc(OC)cc1. The summed E-state index contributed by atoms with van der Waals surface area (Å²) in [5.41, 5.74) is 0.580. The fourth-order valence-electron chi connectivity index (χ4n) is 1.43. The Morgan fingerprint density at radius 3 is 2.58 bits per heavy atom. The number of azo groups is 1. The molecule has 0 atom stereocenters. The third-order valence-electron chi connectivity index (χ3n) is 2.37. The maximum absolute atomic E-state index is 11.4. The van der Waals surface area contributed by atoms with Gasteiger partial charge in [0.2, 0.25) is 0 Å². The molecule has 1 aromatic heterocycles. The second kappa shape index (κ2) is 5.96. The van der Waals surface area contributed by atoms with E-state index in [1.54, 1.807) is 31.4 Å². The molecule has 1 N–H and O–H groups in total. The van der Waals surface area contributed by atoms with Crippen molar-refractivity contribution in [1.82, 2.24) is 5.16 Å². The fraction of sp³-hybridized carbons (Fsp3) is 0.250. The average Bonchev–Trinajstić information content (AvgIpc) is 2.78. The molecule has 1 aromatic carbocycles. The van der Waals surface area contributed by atoms with Crippen molar-refractivity contribution in [2.24, 2.45) is 10.2 Å². The minimum absolute atomic E-state index is 0.109. The van der Waals surface area contributed by atoms with Crippen LogP contribution in [0.4, 0.5) is 11.4 Å². The van der Waals surface area contributed by atoms with Gasteiger partial charge in [0, 0.05) is 7.11 Å². The molecule has 0 saturated carbocycles. The van der Waals surface area contributed by atoms with Crippen molar-refractivity contribution >= 4 is 11.4 Å². The second-order valence-electron chi connectivity index (χ2n) is 3.65. The van der Waals surface area contributed by atoms with Crippen LogP contribution in [0.3, 0.4) is 0 Å². The molecule has 1 heterocycles. The van der Waals surface area contributed by atoms with Crippen molar-refractivity contribution in [2.75, 3.05) is 14.2 Å². The van der Waals surface area contributed by atoms with E-state index in [0.717, 1.165) is 5.75 Å². The van der Waals surface area contributed by atoms with Gasteiger partial charge in [0.25, 0.3) is 0 Å². The fourth-order valence-corrected chi connectivity index (χ4v) is 1.43. The minimum Gasteiger partial charge on any atom is -0.497 e. The number of aromatic nitrogens is 1. The monoisotopic (exact) mass is 263 g/mol. The lowest BCUT2D eigenvalue weighted by Crippen LogP contribution is -1.92. The topological polar surface area (TPSA) is 89.2 Å². The quantitative estimate of drug-likeness (QED) is 0.839. The second-order valence-corrected chi connectivity index (χ2v) is 3.65. The number of nitrogens with one attached hydrogen (secondary N) is 1. The number of rotatable bonds is 5. The molecule has 0 amide bonds. The molecule has 100 valence electrons. The van der Waals surface area contributed by atoms with Gasteiger partial charge in [0.05, 0.1) is 19.4 Å². The third-order valence-corrected chi connectivity index (χ3v) is 2.37. The molecule has 0 spiro atoms. The smallest absolute Gasteiger partial charge is 0.385 e. The Morgan fingerprint density at radius 2 is 1.95 bits per heavy atom. The predicted octanol–water partition coefficient (Wildman–Crippen LogP) is 2.54. The van der Waals surface area contributed by atoms with Gasteiger partial charge in [-0.05, 0) is 24.3 Å². The van der Waals surface area contributed by atoms with E-state index in [0.29, 0.717) is 11.4 Å². The number of aromatic amines is 1. The maximum Gasteiger partial charge on any atom is 0.385 e. The van der Waals surface area contributed by atoms with E-state index < -0.39 is 5.63 Å². The molecule has 0 unspecified atom stereocenters. The highest BCUT2D eigenvalue weighted by Gasteiger charge is 2.11. The summed E-state index contributed by atoms with van der Waals surface area (Å²) in [6, 6.07) is 6.97. The van der Waals surface area contributed by atoms with Gasteiger partial charge in [-0.1, -0.05) is 0 Å². The van der Waals surface area contributed by atoms with Crippen molar-refractivity contribution in [3.05, 3.63) is 40.4 Å². The van der Waals surface area contributed by atoms with E-state index in [4.69, 9.17) is 9.47 Å². The highest BCUT2D eigenvalue weighted by molar-refractivity contribution is 5.43. The van der Waals surface area contributed by atoms with Gasteiger partial charge in [0.15, 0.2) is 5.69 Å². The molecule has 0 aliphatic rings. The summed E-state index contributed by atoms with van der Waals surface area (Å²) < 4.78 is 14.6. The van der Waals surface area contributed by atoms with Crippen LogP contribution in [0, 0.1) is 0 Å². The zero-order chi connectivity index (χ0) is 13.7. The normalized spacial score (nSPS) is 11.1. The average molecular weight is 263 g/mol. The van der Waals surface area contributed by atoms with Crippen LogP contribution in [0.5, 0.6) is 5.75 Å². The molecule has 7 heteroatoms. The number of nitrogens with zero attached hydrogens (tertiary/aromatic N) is 2. The van der Waals surface area contributed by atoms with Gasteiger partial charge in [-0.3, -0.25) is 0 Å². The van der Waals surface area contributed by atoms with Crippen molar-refractivity contribution in [3.8, 4) is 5.75 Å². The van der Waals surface area contributed by atoms with Gasteiger partial charge in [-0.25, -0.2) is 9.95 Å². The molecule has 7 nitrogen and oxygen atoms in total. The lowest BCUT2D eigenvalue weighted by Gasteiger charge is -1.98. The van der Waals surface area contributed by atoms with E-state index >= 15 is 0 Å². The first kappa shape index (κ1) is 13.0. The molecule has 0 bridgehead atoms. The van der Waals surface area contributed by atoms with E-state index in [1.807, 2.05) is 0 Å². The summed E-state index contributed by atoms with van der Waals surface area (Å²) in [6.45, 7) is 0.197. The first-order chi connectivity index (χ1) is 9.24. The predicted molar refractivity (Wildman–Crippen MR) is 67.2 cm³/mol. The van der Waals surface area contributed by atoms with Crippen LogP contribution in [0.1, 0.15) is 5.69 Å². The first-order valence-electron chi connectivity index (χ1n) is 5.49. The van der Waals surface area contributed by atoms with E-state index in [1.165, 1.54) is 7.11 Å². The Hall–Kier alpha value is -2.41. The number of H-pyrrole nitrogens is 1. The van der Waals surface area contributed by atoms with Crippen LogP contribution in [0.2, 0.25) is 0 Å². The van der Waals surface area contributed by atoms with Crippen LogP contribution >= 0.6 is 0 Å². The molecule has 19 heavy (non-hydrogen) atoms. The Labute approximate surface area is 108 Å². The highest BCUT2D eigenvalue weighted by atomic mass is 16.5. The molecule has 2 aromatic rings. The minimum atomic E-state index is -0.579. The first-order valence-corrected chi connectivity index (χ1v) is 5.49. The Kier molecular flexibility index (Phi) is 4.09. The zero-order valence-corrected chi connectivity index (χ0v) is 10.5. The number of ether oxygens (including phenoxy) is 2. The molecular formula is C12H13N3O4. The molecule has 0 saturated heterocycles. The molecule has 0 aliphatic carbocycles. The van der Waals surface area contributed by atoms with Gasteiger partial charge in [-0.2, -0.15) is 5.11 Å². The van der Waals surface area contributed by atoms with Crippen LogP contribution in [-0.4, -0.2) is 19.4 Å². The van der Waals surface area contributed by atoms with Crippen molar-refractivity contribution in [1.29, 1.82) is 0 Å². The van der Waals surface area contributed by atoms with Gasteiger partial charge in [0.1, 0.15) is 11.4 Å². The molecular weight excluding hydrogens is 250 g/mol.